The lowest BCUT2D eigenvalue weighted by Crippen LogP contribution is -2.46. The van der Waals surface area contributed by atoms with Crippen LogP contribution in [-0.2, 0) is 19.8 Å². The summed E-state index contributed by atoms with van der Waals surface area (Å²) in [6.07, 6.45) is -1.19. The van der Waals surface area contributed by atoms with Crippen LogP contribution < -0.4 is 9.96 Å². The Morgan fingerprint density at radius 2 is 1.27 bits per heavy atom. The molecule has 0 aromatic heterocycles. The first-order valence-electron chi connectivity index (χ1n) is 11.8. The van der Waals surface area contributed by atoms with Crippen LogP contribution in [-0.4, -0.2) is 22.8 Å². The number of nitrogens with zero attached hydrogens (tertiary/aromatic N) is 3. The van der Waals surface area contributed by atoms with Crippen molar-refractivity contribution in [2.75, 3.05) is 9.96 Å². The summed E-state index contributed by atoms with van der Waals surface area (Å²) in [5.41, 5.74) is 0.742. The predicted octanol–water partition coefficient (Wildman–Crippen LogP) is 4.97. The van der Waals surface area contributed by atoms with Gasteiger partial charge in [-0.1, -0.05) is 78.9 Å². The van der Waals surface area contributed by atoms with E-state index in [4.69, 9.17) is 4.84 Å². The van der Waals surface area contributed by atoms with Gasteiger partial charge in [-0.2, -0.15) is 0 Å². The summed E-state index contributed by atoms with van der Waals surface area (Å²) in [6.45, 7) is 0. The maximum Gasteiger partial charge on any atom is 0.269 e. The highest BCUT2D eigenvalue weighted by atomic mass is 16.7. The summed E-state index contributed by atoms with van der Waals surface area (Å²) in [5, 5.41) is 13.0. The largest absolute Gasteiger partial charge is 0.273 e. The van der Waals surface area contributed by atoms with Gasteiger partial charge in [0.05, 0.1) is 16.3 Å². The van der Waals surface area contributed by atoms with Crippen molar-refractivity contribution in [3.63, 3.8) is 0 Å². The second kappa shape index (κ2) is 8.69. The summed E-state index contributed by atoms with van der Waals surface area (Å²) in [6, 6.07) is 32.5. The Hall–Kier alpha value is -4.82. The van der Waals surface area contributed by atoms with Gasteiger partial charge in [0.15, 0.2) is 6.10 Å². The maximum atomic E-state index is 14.6. The van der Waals surface area contributed by atoms with Crippen LogP contribution in [0.2, 0.25) is 0 Å². The number of imide groups is 1. The number of nitro groups is 1. The normalized spacial score (nSPS) is 22.8. The van der Waals surface area contributed by atoms with Crippen molar-refractivity contribution < 1.29 is 19.3 Å². The number of anilines is 2. The van der Waals surface area contributed by atoms with Crippen LogP contribution in [0.4, 0.5) is 17.1 Å². The summed E-state index contributed by atoms with van der Waals surface area (Å²) in [7, 11) is 0. The molecular weight excluding hydrogens is 470 g/mol. The van der Waals surface area contributed by atoms with Crippen molar-refractivity contribution in [3.05, 3.63) is 137 Å². The molecule has 182 valence electrons. The number of carbonyl (C=O) groups excluding carboxylic acids is 2. The van der Waals surface area contributed by atoms with E-state index in [-0.39, 0.29) is 5.69 Å². The van der Waals surface area contributed by atoms with Gasteiger partial charge in [-0.15, -0.1) is 0 Å². The van der Waals surface area contributed by atoms with Crippen molar-refractivity contribution in [1.82, 2.24) is 0 Å². The van der Waals surface area contributed by atoms with Gasteiger partial charge in [0.2, 0.25) is 5.91 Å². The van der Waals surface area contributed by atoms with E-state index in [9.17, 15) is 19.7 Å². The van der Waals surface area contributed by atoms with Gasteiger partial charge in [0.1, 0.15) is 11.5 Å². The summed E-state index contributed by atoms with van der Waals surface area (Å²) in [5.74, 6) is -0.941. The Morgan fingerprint density at radius 3 is 1.84 bits per heavy atom. The summed E-state index contributed by atoms with van der Waals surface area (Å²) >= 11 is 0. The molecule has 2 amide bonds. The van der Waals surface area contributed by atoms with E-state index in [1.807, 2.05) is 66.7 Å². The molecule has 0 saturated carbocycles. The second-order valence-electron chi connectivity index (χ2n) is 8.95. The Morgan fingerprint density at radius 1 is 0.730 bits per heavy atom. The number of hydrogen-bond donors (Lipinski definition) is 0. The number of non-ortho nitro benzene ring substituents is 1. The number of rotatable bonds is 5. The predicted molar refractivity (Wildman–Crippen MR) is 137 cm³/mol. The van der Waals surface area contributed by atoms with E-state index in [0.717, 1.165) is 5.56 Å². The molecule has 0 bridgehead atoms. The van der Waals surface area contributed by atoms with Crippen LogP contribution in [0.5, 0.6) is 0 Å². The monoisotopic (exact) mass is 491 g/mol. The molecule has 4 aromatic rings. The Labute approximate surface area is 212 Å². The van der Waals surface area contributed by atoms with Crippen molar-refractivity contribution >= 4 is 28.9 Å². The zero-order valence-corrected chi connectivity index (χ0v) is 19.5. The molecule has 2 fully saturated rings. The summed E-state index contributed by atoms with van der Waals surface area (Å²) < 4.78 is 0. The van der Waals surface area contributed by atoms with Crippen LogP contribution in [0.15, 0.2) is 115 Å². The molecule has 2 saturated heterocycles. The van der Waals surface area contributed by atoms with Gasteiger partial charge in [-0.3, -0.25) is 24.5 Å². The first-order chi connectivity index (χ1) is 18.0. The number of carbonyl (C=O) groups is 2. The van der Waals surface area contributed by atoms with Crippen molar-refractivity contribution in [3.8, 4) is 0 Å². The fraction of sp³-hybridized carbons (Fsp3) is 0.103. The third-order valence-electron chi connectivity index (χ3n) is 7.00. The zero-order chi connectivity index (χ0) is 25.6. The molecule has 0 unspecified atom stereocenters. The fourth-order valence-corrected chi connectivity index (χ4v) is 5.39. The van der Waals surface area contributed by atoms with Gasteiger partial charge in [-0.05, 0) is 35.4 Å². The lowest BCUT2D eigenvalue weighted by atomic mass is 9.69. The van der Waals surface area contributed by atoms with E-state index in [1.54, 1.807) is 41.5 Å². The standard InChI is InChI=1S/C29H21N3O5/c33-27-26-29(21-16-18-24(19-17-21)32(35)36,28(34)30(27)22-12-6-2-7-13-22)25(20-10-4-1-5-11-20)31(37-26)23-14-8-3-9-15-23/h1-19,25-26H/t25-,26-,29-/m0/s1. The number of hydroxylamine groups is 1. The van der Waals surface area contributed by atoms with Gasteiger partial charge in [0.25, 0.3) is 11.6 Å². The van der Waals surface area contributed by atoms with Crippen LogP contribution in [0.1, 0.15) is 17.2 Å². The van der Waals surface area contributed by atoms with Gasteiger partial charge < -0.3 is 0 Å². The Kier molecular flexibility index (Phi) is 5.31. The smallest absolute Gasteiger partial charge is 0.269 e. The van der Waals surface area contributed by atoms with E-state index >= 15 is 0 Å². The number of hydrogen-bond acceptors (Lipinski definition) is 6. The average molecular weight is 492 g/mol. The molecule has 2 heterocycles. The Bertz CT molecular complexity index is 1480. The molecule has 2 aliphatic heterocycles. The highest BCUT2D eigenvalue weighted by Gasteiger charge is 2.72. The molecule has 3 atom stereocenters. The highest BCUT2D eigenvalue weighted by molar-refractivity contribution is 6.28. The molecule has 0 N–H and O–H groups in total. The first-order valence-corrected chi connectivity index (χ1v) is 11.8. The zero-order valence-electron chi connectivity index (χ0n) is 19.5. The molecule has 8 heteroatoms. The van der Waals surface area contributed by atoms with Gasteiger partial charge in [-0.25, -0.2) is 9.96 Å². The van der Waals surface area contributed by atoms with E-state index in [0.29, 0.717) is 16.9 Å². The first kappa shape index (κ1) is 22.6. The molecular formula is C29H21N3O5. The minimum absolute atomic E-state index is 0.108. The maximum absolute atomic E-state index is 14.6. The van der Waals surface area contributed by atoms with E-state index in [1.165, 1.54) is 17.0 Å². The SMILES string of the molecule is O=C1[C@@H]2ON(c3ccccc3)[C@@H](c3ccccc3)[C@]2(c2ccc([N+](=O)[O-])cc2)C(=O)N1c1ccccc1. The number of benzene rings is 4. The molecule has 0 radical (unpaired) electrons. The number of nitro benzene ring substituents is 1. The fourth-order valence-electron chi connectivity index (χ4n) is 5.39. The third-order valence-corrected chi connectivity index (χ3v) is 7.00. The van der Waals surface area contributed by atoms with Crippen LogP contribution in [0.25, 0.3) is 0 Å². The number of para-hydroxylation sites is 2. The van der Waals surface area contributed by atoms with Crippen LogP contribution >= 0.6 is 0 Å². The van der Waals surface area contributed by atoms with E-state index < -0.39 is 34.3 Å². The Balaban J connectivity index is 1.62. The summed E-state index contributed by atoms with van der Waals surface area (Å²) in [4.78, 5) is 47.0. The second-order valence-corrected chi connectivity index (χ2v) is 8.95. The number of amides is 2. The third kappa shape index (κ3) is 3.34. The molecule has 6 rings (SSSR count). The molecule has 0 spiro atoms. The minimum atomic E-state index is -1.50. The van der Waals surface area contributed by atoms with Crippen molar-refractivity contribution in [2.45, 2.75) is 17.6 Å². The minimum Gasteiger partial charge on any atom is -0.273 e. The van der Waals surface area contributed by atoms with Gasteiger partial charge >= 0.3 is 0 Å². The lowest BCUT2D eigenvalue weighted by Gasteiger charge is -2.35. The number of fused-ring (bicyclic) bond motifs is 1. The highest BCUT2D eigenvalue weighted by Crippen LogP contribution is 2.57. The van der Waals surface area contributed by atoms with Crippen LogP contribution in [0.3, 0.4) is 0 Å². The molecule has 4 aromatic carbocycles. The molecule has 0 aliphatic carbocycles. The van der Waals surface area contributed by atoms with Crippen LogP contribution in [0, 0.1) is 10.1 Å². The van der Waals surface area contributed by atoms with E-state index in [2.05, 4.69) is 0 Å². The van der Waals surface area contributed by atoms with Crippen molar-refractivity contribution in [2.24, 2.45) is 0 Å². The topological polar surface area (TPSA) is 93.0 Å². The average Bonchev–Trinajstić information content (AvgIpc) is 3.41. The van der Waals surface area contributed by atoms with Crippen molar-refractivity contribution in [1.29, 1.82) is 0 Å². The quantitative estimate of drug-likeness (QED) is 0.222. The lowest BCUT2D eigenvalue weighted by molar-refractivity contribution is -0.384. The molecule has 37 heavy (non-hydrogen) atoms. The van der Waals surface area contributed by atoms with Gasteiger partial charge in [0, 0.05) is 12.1 Å². The molecule has 2 aliphatic rings. The molecule has 8 nitrogen and oxygen atoms in total.